The molecule has 0 saturated carbocycles. The molecule has 3 nitrogen and oxygen atoms in total. The molecule has 0 aliphatic carbocycles. The number of thioether (sulfide) groups is 1. The maximum absolute atomic E-state index is 5.62. The van der Waals surface area contributed by atoms with Crippen molar-refractivity contribution < 1.29 is 0 Å². The second-order valence-corrected chi connectivity index (χ2v) is 4.41. The third-order valence-electron chi connectivity index (χ3n) is 2.20. The van der Waals surface area contributed by atoms with E-state index in [1.165, 1.54) is 24.6 Å². The molecule has 1 aliphatic rings. The number of nitrogens with zero attached hydrogens (tertiary/aromatic N) is 2. The Labute approximate surface area is 84.8 Å². The van der Waals surface area contributed by atoms with Crippen molar-refractivity contribution in [1.29, 1.82) is 0 Å². The van der Waals surface area contributed by atoms with Crippen molar-refractivity contribution in [3.05, 3.63) is 0 Å². The number of nitrogens with two attached hydrogens (primary N) is 1. The van der Waals surface area contributed by atoms with E-state index >= 15 is 0 Å². The number of hydrogen-bond acceptors (Lipinski definition) is 3. The smallest absolute Gasteiger partial charge is 0.0934 e. The monoisotopic (exact) mass is 201 g/mol. The van der Waals surface area contributed by atoms with Crippen LogP contribution in [0.25, 0.3) is 0 Å². The van der Waals surface area contributed by atoms with Gasteiger partial charge < -0.3 is 5.73 Å². The van der Waals surface area contributed by atoms with Gasteiger partial charge in [0.15, 0.2) is 0 Å². The fourth-order valence-corrected chi connectivity index (χ4v) is 2.25. The minimum absolute atomic E-state index is 0.784. The predicted molar refractivity (Wildman–Crippen MR) is 60.5 cm³/mol. The summed E-state index contributed by atoms with van der Waals surface area (Å²) in [5, 5.41) is 0. The second kappa shape index (κ2) is 6.27. The molecule has 0 atom stereocenters. The molecule has 1 aliphatic heterocycles. The van der Waals surface area contributed by atoms with Gasteiger partial charge in [-0.1, -0.05) is 6.92 Å². The van der Waals surface area contributed by atoms with Crippen molar-refractivity contribution in [2.45, 2.75) is 13.3 Å². The summed E-state index contributed by atoms with van der Waals surface area (Å²) >= 11 is 2.04. The van der Waals surface area contributed by atoms with Gasteiger partial charge in [-0.15, -0.1) is 0 Å². The van der Waals surface area contributed by atoms with Crippen LogP contribution in [-0.4, -0.2) is 48.4 Å². The van der Waals surface area contributed by atoms with Crippen molar-refractivity contribution in [2.75, 3.05) is 37.7 Å². The Morgan fingerprint density at radius 1 is 1.46 bits per heavy atom. The van der Waals surface area contributed by atoms with Gasteiger partial charge in [0.05, 0.1) is 12.4 Å². The molecule has 1 heterocycles. The van der Waals surface area contributed by atoms with E-state index < -0.39 is 0 Å². The Kier molecular flexibility index (Phi) is 5.23. The minimum atomic E-state index is 0.784. The normalized spacial score (nSPS) is 20.5. The molecule has 0 aromatic carbocycles. The average molecular weight is 201 g/mol. The Hall–Kier alpha value is -0.220. The highest BCUT2D eigenvalue weighted by Gasteiger charge is 2.08. The third-order valence-corrected chi connectivity index (χ3v) is 3.14. The van der Waals surface area contributed by atoms with Crippen molar-refractivity contribution in [3.8, 4) is 0 Å². The van der Waals surface area contributed by atoms with Crippen molar-refractivity contribution in [1.82, 2.24) is 4.90 Å². The summed E-state index contributed by atoms with van der Waals surface area (Å²) < 4.78 is 0. The zero-order valence-corrected chi connectivity index (χ0v) is 9.15. The molecule has 76 valence electrons. The summed E-state index contributed by atoms with van der Waals surface area (Å²) in [5.74, 6) is 3.33. The molecule has 0 unspecified atom stereocenters. The maximum Gasteiger partial charge on any atom is 0.0934 e. The summed E-state index contributed by atoms with van der Waals surface area (Å²) in [6.45, 7) is 6.40. The number of amidine groups is 1. The third kappa shape index (κ3) is 4.52. The zero-order valence-electron chi connectivity index (χ0n) is 8.33. The van der Waals surface area contributed by atoms with Crippen molar-refractivity contribution in [3.63, 3.8) is 0 Å². The van der Waals surface area contributed by atoms with Crippen molar-refractivity contribution >= 4 is 17.6 Å². The van der Waals surface area contributed by atoms with E-state index in [9.17, 15) is 0 Å². The fourth-order valence-electron chi connectivity index (χ4n) is 1.27. The standard InChI is InChI=1S/C9H19N3S/c1-2-9(10)11-3-4-12-5-7-13-8-6-12/h2-8H2,1H3,(H2,10,11). The van der Waals surface area contributed by atoms with E-state index in [0.29, 0.717) is 0 Å². The Balaban J connectivity index is 2.10. The van der Waals surface area contributed by atoms with Crippen LogP contribution in [-0.2, 0) is 0 Å². The van der Waals surface area contributed by atoms with Crippen LogP contribution < -0.4 is 5.73 Å². The van der Waals surface area contributed by atoms with Gasteiger partial charge in [0.2, 0.25) is 0 Å². The van der Waals surface area contributed by atoms with Gasteiger partial charge in [-0.25, -0.2) is 0 Å². The van der Waals surface area contributed by atoms with Crippen molar-refractivity contribution in [2.24, 2.45) is 10.7 Å². The van der Waals surface area contributed by atoms with Gasteiger partial charge in [0, 0.05) is 37.6 Å². The number of aliphatic imine (C=N–C) groups is 1. The molecular formula is C9H19N3S. The lowest BCUT2D eigenvalue weighted by molar-refractivity contribution is 0.311. The van der Waals surface area contributed by atoms with Crippen LogP contribution in [0.15, 0.2) is 4.99 Å². The summed E-state index contributed by atoms with van der Waals surface area (Å²) in [4.78, 5) is 6.74. The fraction of sp³-hybridized carbons (Fsp3) is 0.889. The first-order valence-electron chi connectivity index (χ1n) is 4.92. The summed E-state index contributed by atoms with van der Waals surface area (Å²) in [5.41, 5.74) is 5.62. The van der Waals surface area contributed by atoms with Crippen LogP contribution >= 0.6 is 11.8 Å². The first-order valence-corrected chi connectivity index (χ1v) is 6.07. The summed E-state index contributed by atoms with van der Waals surface area (Å²) in [6, 6.07) is 0. The van der Waals surface area contributed by atoms with Gasteiger partial charge in [-0.2, -0.15) is 11.8 Å². The van der Waals surface area contributed by atoms with E-state index in [2.05, 4.69) is 9.89 Å². The lowest BCUT2D eigenvalue weighted by Gasteiger charge is -2.25. The lowest BCUT2D eigenvalue weighted by Crippen LogP contribution is -2.34. The van der Waals surface area contributed by atoms with E-state index in [-0.39, 0.29) is 0 Å². The molecule has 0 amide bonds. The summed E-state index contributed by atoms with van der Waals surface area (Å²) in [7, 11) is 0. The van der Waals surface area contributed by atoms with Gasteiger partial charge in [-0.3, -0.25) is 9.89 Å². The number of hydrogen-bond donors (Lipinski definition) is 1. The first kappa shape index (κ1) is 10.9. The molecular weight excluding hydrogens is 182 g/mol. The highest BCUT2D eigenvalue weighted by molar-refractivity contribution is 7.99. The molecule has 1 saturated heterocycles. The van der Waals surface area contributed by atoms with Crippen LogP contribution in [0.4, 0.5) is 0 Å². The van der Waals surface area contributed by atoms with E-state index in [4.69, 9.17) is 5.73 Å². The zero-order chi connectivity index (χ0) is 9.52. The minimum Gasteiger partial charge on any atom is -0.387 e. The first-order chi connectivity index (χ1) is 6.33. The van der Waals surface area contributed by atoms with Crippen LogP contribution in [0.2, 0.25) is 0 Å². The highest BCUT2D eigenvalue weighted by atomic mass is 32.2. The number of rotatable bonds is 4. The maximum atomic E-state index is 5.62. The van der Waals surface area contributed by atoms with Crippen LogP contribution in [0, 0.1) is 0 Å². The summed E-state index contributed by atoms with van der Waals surface area (Å²) in [6.07, 6.45) is 0.871. The predicted octanol–water partition coefficient (Wildman–Crippen LogP) is 0.802. The molecule has 0 aromatic rings. The van der Waals surface area contributed by atoms with Crippen LogP contribution in [0.3, 0.4) is 0 Å². The van der Waals surface area contributed by atoms with Gasteiger partial charge in [0.1, 0.15) is 0 Å². The Morgan fingerprint density at radius 2 is 2.15 bits per heavy atom. The second-order valence-electron chi connectivity index (χ2n) is 3.18. The van der Waals surface area contributed by atoms with Crippen LogP contribution in [0.5, 0.6) is 0 Å². The quantitative estimate of drug-likeness (QED) is 0.540. The van der Waals surface area contributed by atoms with Crippen LogP contribution in [0.1, 0.15) is 13.3 Å². The molecule has 13 heavy (non-hydrogen) atoms. The van der Waals surface area contributed by atoms with Gasteiger partial charge in [0.25, 0.3) is 0 Å². The molecule has 0 bridgehead atoms. The molecule has 2 N–H and O–H groups in total. The van der Waals surface area contributed by atoms with E-state index in [1.807, 2.05) is 18.7 Å². The molecule has 4 heteroatoms. The Morgan fingerprint density at radius 3 is 2.77 bits per heavy atom. The van der Waals surface area contributed by atoms with E-state index in [1.54, 1.807) is 0 Å². The molecule has 0 spiro atoms. The molecule has 0 aromatic heterocycles. The highest BCUT2D eigenvalue weighted by Crippen LogP contribution is 2.08. The Bertz CT molecular complexity index is 164. The van der Waals surface area contributed by atoms with Gasteiger partial charge >= 0.3 is 0 Å². The molecule has 1 fully saturated rings. The molecule has 0 radical (unpaired) electrons. The lowest BCUT2D eigenvalue weighted by atomic mass is 10.4. The average Bonchev–Trinajstić information content (AvgIpc) is 2.19. The largest absolute Gasteiger partial charge is 0.387 e. The van der Waals surface area contributed by atoms with Gasteiger partial charge in [-0.05, 0) is 0 Å². The topological polar surface area (TPSA) is 41.6 Å². The van der Waals surface area contributed by atoms with E-state index in [0.717, 1.165) is 25.3 Å². The molecule has 1 rings (SSSR count). The SMILES string of the molecule is CCC(N)=NCCN1CCSCC1.